The second kappa shape index (κ2) is 16.9. The first kappa shape index (κ1) is 26.2. The molecule has 0 spiro atoms. The molecule has 170 valence electrons. The van der Waals surface area contributed by atoms with E-state index >= 15 is 0 Å². The van der Waals surface area contributed by atoms with Gasteiger partial charge in [0.25, 0.3) is 5.91 Å². The van der Waals surface area contributed by atoms with Crippen molar-refractivity contribution >= 4 is 11.9 Å². The Balaban J connectivity index is 1.96. The standard InChI is InChI=1S/C26H43NO3/c1-4-5-6-7-8-9-10-11-12-13-14-15-16-21-30-26(29)23(3)27-25(28)24-19-17-22(2)18-20-24/h17-20,23H,4-16,21H2,1-3H3,(H,27,28)/t23-/m0/s1. The van der Waals surface area contributed by atoms with Crippen molar-refractivity contribution in [3.05, 3.63) is 35.4 Å². The fourth-order valence-electron chi connectivity index (χ4n) is 3.46. The van der Waals surface area contributed by atoms with E-state index in [9.17, 15) is 9.59 Å². The highest BCUT2D eigenvalue weighted by Gasteiger charge is 2.17. The Morgan fingerprint density at radius 1 is 0.800 bits per heavy atom. The minimum Gasteiger partial charge on any atom is -0.464 e. The summed E-state index contributed by atoms with van der Waals surface area (Å²) in [6.45, 7) is 6.33. The van der Waals surface area contributed by atoms with Gasteiger partial charge in [-0.1, -0.05) is 102 Å². The number of nitrogens with one attached hydrogen (secondary N) is 1. The van der Waals surface area contributed by atoms with Crippen molar-refractivity contribution in [3.63, 3.8) is 0 Å². The molecule has 0 aliphatic heterocycles. The molecule has 0 saturated carbocycles. The van der Waals surface area contributed by atoms with Crippen LogP contribution in [-0.4, -0.2) is 24.5 Å². The molecule has 1 atom stereocenters. The van der Waals surface area contributed by atoms with Gasteiger partial charge in [0.05, 0.1) is 6.61 Å². The molecular weight excluding hydrogens is 374 g/mol. The molecule has 0 aliphatic rings. The van der Waals surface area contributed by atoms with E-state index in [0.717, 1.165) is 18.4 Å². The van der Waals surface area contributed by atoms with E-state index in [0.29, 0.717) is 12.2 Å². The number of amides is 1. The fraction of sp³-hybridized carbons (Fsp3) is 0.692. The number of carbonyl (C=O) groups is 2. The van der Waals surface area contributed by atoms with Crippen LogP contribution in [0.2, 0.25) is 0 Å². The van der Waals surface area contributed by atoms with Crippen LogP contribution >= 0.6 is 0 Å². The molecule has 1 N–H and O–H groups in total. The summed E-state index contributed by atoms with van der Waals surface area (Å²) in [6.07, 6.45) is 16.8. The van der Waals surface area contributed by atoms with Crippen molar-refractivity contribution in [2.75, 3.05) is 6.61 Å². The smallest absolute Gasteiger partial charge is 0.328 e. The second-order valence-electron chi connectivity index (χ2n) is 8.47. The molecule has 0 bridgehead atoms. The van der Waals surface area contributed by atoms with Crippen LogP contribution < -0.4 is 5.32 Å². The zero-order valence-corrected chi connectivity index (χ0v) is 19.5. The summed E-state index contributed by atoms with van der Waals surface area (Å²) in [7, 11) is 0. The van der Waals surface area contributed by atoms with Crippen LogP contribution in [0.4, 0.5) is 0 Å². The van der Waals surface area contributed by atoms with Crippen LogP contribution in [0.5, 0.6) is 0 Å². The van der Waals surface area contributed by atoms with Crippen molar-refractivity contribution in [1.29, 1.82) is 0 Å². The van der Waals surface area contributed by atoms with Gasteiger partial charge in [-0.15, -0.1) is 0 Å². The molecule has 4 nitrogen and oxygen atoms in total. The van der Waals surface area contributed by atoms with Gasteiger partial charge >= 0.3 is 5.97 Å². The van der Waals surface area contributed by atoms with Crippen LogP contribution in [-0.2, 0) is 9.53 Å². The first-order chi connectivity index (χ1) is 14.5. The maximum absolute atomic E-state index is 12.2. The molecule has 0 aromatic heterocycles. The molecule has 0 aliphatic carbocycles. The number of aryl methyl sites for hydroxylation is 1. The van der Waals surface area contributed by atoms with E-state index in [1.165, 1.54) is 70.6 Å². The van der Waals surface area contributed by atoms with Crippen molar-refractivity contribution in [1.82, 2.24) is 5.32 Å². The molecule has 1 rings (SSSR count). The lowest BCUT2D eigenvalue weighted by atomic mass is 10.0. The van der Waals surface area contributed by atoms with E-state index in [2.05, 4.69) is 12.2 Å². The van der Waals surface area contributed by atoms with Crippen LogP contribution in [0.25, 0.3) is 0 Å². The number of hydrogen-bond donors (Lipinski definition) is 1. The topological polar surface area (TPSA) is 55.4 Å². The number of carbonyl (C=O) groups excluding carboxylic acids is 2. The maximum Gasteiger partial charge on any atom is 0.328 e. The first-order valence-corrected chi connectivity index (χ1v) is 12.1. The highest BCUT2D eigenvalue weighted by atomic mass is 16.5. The van der Waals surface area contributed by atoms with Crippen molar-refractivity contribution in [2.24, 2.45) is 0 Å². The van der Waals surface area contributed by atoms with Crippen molar-refractivity contribution in [3.8, 4) is 0 Å². The van der Waals surface area contributed by atoms with Gasteiger partial charge in [0.2, 0.25) is 0 Å². The lowest BCUT2D eigenvalue weighted by Crippen LogP contribution is -2.39. The predicted molar refractivity (Wildman–Crippen MR) is 125 cm³/mol. The van der Waals surface area contributed by atoms with Gasteiger partial charge < -0.3 is 10.1 Å². The quantitative estimate of drug-likeness (QED) is 0.225. The number of unbranched alkanes of at least 4 members (excludes halogenated alkanes) is 12. The largest absolute Gasteiger partial charge is 0.464 e. The Kier molecular flexibility index (Phi) is 14.8. The number of hydrogen-bond acceptors (Lipinski definition) is 3. The average Bonchev–Trinajstić information content (AvgIpc) is 2.74. The van der Waals surface area contributed by atoms with Gasteiger partial charge in [-0.05, 0) is 32.4 Å². The summed E-state index contributed by atoms with van der Waals surface area (Å²) in [5.74, 6) is -0.616. The highest BCUT2D eigenvalue weighted by molar-refractivity contribution is 5.96. The zero-order valence-electron chi connectivity index (χ0n) is 19.5. The Morgan fingerprint density at radius 3 is 1.77 bits per heavy atom. The van der Waals surface area contributed by atoms with Crippen molar-refractivity contribution in [2.45, 2.75) is 110 Å². The molecule has 0 unspecified atom stereocenters. The third-order valence-electron chi connectivity index (χ3n) is 5.51. The lowest BCUT2D eigenvalue weighted by molar-refractivity contribution is -0.145. The molecule has 1 aromatic rings. The van der Waals surface area contributed by atoms with Crippen LogP contribution in [0, 0.1) is 6.92 Å². The number of rotatable bonds is 17. The van der Waals surface area contributed by atoms with Crippen LogP contribution in [0.3, 0.4) is 0 Å². The van der Waals surface area contributed by atoms with E-state index in [1.54, 1.807) is 19.1 Å². The fourth-order valence-corrected chi connectivity index (χ4v) is 3.46. The van der Waals surface area contributed by atoms with Gasteiger partial charge in [0.1, 0.15) is 6.04 Å². The van der Waals surface area contributed by atoms with Gasteiger partial charge in [-0.2, -0.15) is 0 Å². The predicted octanol–water partition coefficient (Wildman–Crippen LogP) is 6.75. The Hall–Kier alpha value is -1.84. The molecule has 1 aromatic carbocycles. The SMILES string of the molecule is CCCCCCCCCCCCCCCOC(=O)[C@H](C)NC(=O)c1ccc(C)cc1. The molecule has 4 heteroatoms. The first-order valence-electron chi connectivity index (χ1n) is 12.1. The summed E-state index contributed by atoms with van der Waals surface area (Å²) in [5.41, 5.74) is 1.65. The Morgan fingerprint density at radius 2 is 1.27 bits per heavy atom. The number of benzene rings is 1. The van der Waals surface area contributed by atoms with Crippen LogP contribution in [0.1, 0.15) is 113 Å². The van der Waals surface area contributed by atoms with Gasteiger partial charge in [-0.25, -0.2) is 4.79 Å². The molecular formula is C26H43NO3. The highest BCUT2D eigenvalue weighted by Crippen LogP contribution is 2.12. The molecule has 0 saturated heterocycles. The van der Waals surface area contributed by atoms with E-state index in [4.69, 9.17) is 4.74 Å². The van der Waals surface area contributed by atoms with Crippen LogP contribution in [0.15, 0.2) is 24.3 Å². The normalized spacial score (nSPS) is 11.8. The van der Waals surface area contributed by atoms with Gasteiger partial charge in [-0.3, -0.25) is 4.79 Å². The molecule has 1 amide bonds. The number of ether oxygens (including phenoxy) is 1. The summed E-state index contributed by atoms with van der Waals surface area (Å²) in [4.78, 5) is 24.2. The van der Waals surface area contributed by atoms with Gasteiger partial charge in [0.15, 0.2) is 0 Å². The summed E-state index contributed by atoms with van der Waals surface area (Å²) >= 11 is 0. The third kappa shape index (κ3) is 12.7. The summed E-state index contributed by atoms with van der Waals surface area (Å²) in [6, 6.07) is 6.65. The summed E-state index contributed by atoms with van der Waals surface area (Å²) < 4.78 is 5.31. The molecule has 30 heavy (non-hydrogen) atoms. The average molecular weight is 418 g/mol. The zero-order chi connectivity index (χ0) is 22.0. The Bertz CT molecular complexity index is 582. The maximum atomic E-state index is 12.2. The van der Waals surface area contributed by atoms with E-state index in [-0.39, 0.29) is 11.9 Å². The monoisotopic (exact) mass is 417 g/mol. The third-order valence-corrected chi connectivity index (χ3v) is 5.51. The van der Waals surface area contributed by atoms with Gasteiger partial charge in [0, 0.05) is 5.56 Å². The molecule has 0 radical (unpaired) electrons. The van der Waals surface area contributed by atoms with Crippen molar-refractivity contribution < 1.29 is 14.3 Å². The van der Waals surface area contributed by atoms with E-state index < -0.39 is 6.04 Å². The second-order valence-corrected chi connectivity index (χ2v) is 8.47. The number of esters is 1. The molecule has 0 fully saturated rings. The van der Waals surface area contributed by atoms with E-state index in [1.807, 2.05) is 19.1 Å². The lowest BCUT2D eigenvalue weighted by Gasteiger charge is -2.13. The Labute approximate surface area is 184 Å². The minimum atomic E-state index is -0.638. The minimum absolute atomic E-state index is 0.250. The molecule has 0 heterocycles. The summed E-state index contributed by atoms with van der Waals surface area (Å²) in [5, 5.41) is 2.70.